The molecule has 63 heavy (non-hydrogen) atoms. The van der Waals surface area contributed by atoms with Gasteiger partial charge in [0.1, 0.15) is 0 Å². The topological polar surface area (TPSA) is 3.24 Å². The fourth-order valence-corrected chi connectivity index (χ4v) is 9.19. The van der Waals surface area contributed by atoms with Crippen molar-refractivity contribution in [3.8, 4) is 66.8 Å². The van der Waals surface area contributed by atoms with Crippen molar-refractivity contribution >= 4 is 38.6 Å². The lowest BCUT2D eigenvalue weighted by atomic mass is 9.89. The highest BCUT2D eigenvalue weighted by Crippen LogP contribution is 2.43. The summed E-state index contributed by atoms with van der Waals surface area (Å²) in [7, 11) is 0. The summed E-state index contributed by atoms with van der Waals surface area (Å²) < 4.78 is 0. The Labute approximate surface area is 369 Å². The Morgan fingerprint density at radius 1 is 0.206 bits per heavy atom. The van der Waals surface area contributed by atoms with E-state index in [4.69, 9.17) is 0 Å². The molecule has 0 unspecified atom stereocenters. The highest BCUT2D eigenvalue weighted by Gasteiger charge is 2.17. The van der Waals surface area contributed by atoms with Gasteiger partial charge in [0, 0.05) is 17.1 Å². The molecular weight excluding hydrogens is 759 g/mol. The molecule has 0 aliphatic heterocycles. The van der Waals surface area contributed by atoms with Crippen LogP contribution in [-0.2, 0) is 0 Å². The van der Waals surface area contributed by atoms with E-state index >= 15 is 0 Å². The zero-order valence-corrected chi connectivity index (χ0v) is 34.8. The third kappa shape index (κ3) is 7.37. The third-order valence-electron chi connectivity index (χ3n) is 12.3. The summed E-state index contributed by atoms with van der Waals surface area (Å²) in [6.45, 7) is 0. The van der Waals surface area contributed by atoms with Gasteiger partial charge in [-0.3, -0.25) is 0 Å². The van der Waals surface area contributed by atoms with Crippen LogP contribution in [0.1, 0.15) is 0 Å². The van der Waals surface area contributed by atoms with Crippen molar-refractivity contribution in [2.24, 2.45) is 0 Å². The van der Waals surface area contributed by atoms with Crippen LogP contribution >= 0.6 is 0 Å². The van der Waals surface area contributed by atoms with E-state index in [-0.39, 0.29) is 0 Å². The van der Waals surface area contributed by atoms with Gasteiger partial charge in [0.2, 0.25) is 0 Å². The molecule has 0 amide bonds. The van der Waals surface area contributed by atoms with Gasteiger partial charge < -0.3 is 4.90 Å². The van der Waals surface area contributed by atoms with Crippen molar-refractivity contribution in [3.63, 3.8) is 0 Å². The highest BCUT2D eigenvalue weighted by atomic mass is 15.1. The fourth-order valence-electron chi connectivity index (χ4n) is 9.19. The predicted octanol–water partition coefficient (Wildman–Crippen LogP) is 17.5. The molecule has 0 aliphatic carbocycles. The molecule has 0 radical (unpaired) electrons. The van der Waals surface area contributed by atoms with Crippen molar-refractivity contribution < 1.29 is 0 Å². The summed E-state index contributed by atoms with van der Waals surface area (Å²) in [5.41, 5.74) is 17.8. The Morgan fingerprint density at radius 3 is 1.22 bits per heavy atom. The van der Waals surface area contributed by atoms with E-state index in [9.17, 15) is 0 Å². The molecule has 0 aliphatic rings. The molecule has 0 aromatic heterocycles. The minimum absolute atomic E-state index is 1.09. The number of hydrogen-bond donors (Lipinski definition) is 0. The maximum absolute atomic E-state index is 2.37. The normalized spacial score (nSPS) is 11.2. The second-order valence-electron chi connectivity index (χ2n) is 16.1. The molecule has 0 saturated heterocycles. The van der Waals surface area contributed by atoms with Crippen LogP contribution in [0, 0.1) is 0 Å². The van der Waals surface area contributed by atoms with Crippen LogP contribution in [0.4, 0.5) is 17.1 Å². The molecule has 0 spiro atoms. The summed E-state index contributed by atoms with van der Waals surface area (Å²) in [5, 5.41) is 4.98. The zero-order valence-electron chi connectivity index (χ0n) is 34.8. The summed E-state index contributed by atoms with van der Waals surface area (Å²) >= 11 is 0. The smallest absolute Gasteiger partial charge is 0.0462 e. The lowest BCUT2D eigenvalue weighted by molar-refractivity contribution is 1.28. The first kappa shape index (κ1) is 37.7. The molecule has 0 saturated carbocycles. The maximum Gasteiger partial charge on any atom is 0.0462 e. The second-order valence-corrected chi connectivity index (χ2v) is 16.1. The minimum Gasteiger partial charge on any atom is -0.311 e. The lowest BCUT2D eigenvalue weighted by Gasteiger charge is -2.26. The average Bonchev–Trinajstić information content (AvgIpc) is 3.37. The first-order chi connectivity index (χ1) is 31.2. The molecule has 296 valence electrons. The molecule has 0 fully saturated rings. The van der Waals surface area contributed by atoms with Gasteiger partial charge in [-0.2, -0.15) is 0 Å². The van der Waals surface area contributed by atoms with E-state index in [1.165, 1.54) is 88.3 Å². The van der Waals surface area contributed by atoms with Gasteiger partial charge in [-0.25, -0.2) is 0 Å². The van der Waals surface area contributed by atoms with Crippen LogP contribution in [0.15, 0.2) is 261 Å². The molecular formula is C62H43N. The molecule has 0 atom stereocenters. The van der Waals surface area contributed by atoms with Gasteiger partial charge in [0.05, 0.1) is 0 Å². The van der Waals surface area contributed by atoms with E-state index in [1.54, 1.807) is 0 Å². The van der Waals surface area contributed by atoms with E-state index in [0.717, 1.165) is 17.1 Å². The van der Waals surface area contributed by atoms with Crippen LogP contribution in [-0.4, -0.2) is 0 Å². The third-order valence-corrected chi connectivity index (χ3v) is 12.3. The first-order valence-electron chi connectivity index (χ1n) is 21.7. The average molecular weight is 802 g/mol. The fraction of sp³-hybridized carbons (Fsp3) is 0. The Morgan fingerprint density at radius 2 is 0.619 bits per heavy atom. The summed E-state index contributed by atoms with van der Waals surface area (Å²) in [6.07, 6.45) is 0. The van der Waals surface area contributed by atoms with E-state index in [2.05, 4.69) is 266 Å². The molecule has 0 N–H and O–H groups in total. The number of anilines is 3. The van der Waals surface area contributed by atoms with Gasteiger partial charge >= 0.3 is 0 Å². The van der Waals surface area contributed by atoms with Crippen LogP contribution < -0.4 is 4.90 Å². The van der Waals surface area contributed by atoms with Gasteiger partial charge in [0.25, 0.3) is 0 Å². The Bertz CT molecular complexity index is 3330. The number of fused-ring (bicyclic) bond motifs is 2. The van der Waals surface area contributed by atoms with Crippen LogP contribution in [0.3, 0.4) is 0 Å². The highest BCUT2D eigenvalue weighted by molar-refractivity contribution is 6.04. The lowest BCUT2D eigenvalue weighted by Crippen LogP contribution is -2.09. The molecule has 1 nitrogen and oxygen atoms in total. The van der Waals surface area contributed by atoms with Crippen LogP contribution in [0.2, 0.25) is 0 Å². The van der Waals surface area contributed by atoms with Gasteiger partial charge in [0.15, 0.2) is 0 Å². The van der Waals surface area contributed by atoms with Crippen molar-refractivity contribution in [2.75, 3.05) is 4.90 Å². The Kier molecular flexibility index (Phi) is 9.97. The van der Waals surface area contributed by atoms with E-state index in [0.29, 0.717) is 0 Å². The SMILES string of the molecule is c1ccc(-c2ccc(-c3ccc(N(c4ccc(-c5cccc6ccccc56)cc4)c4ccc(-c5c(-c6ccccc6)ccc6ccccc56)cc4)cc3)cc2-c2ccccc2)cc1. The summed E-state index contributed by atoms with van der Waals surface area (Å²) in [5.74, 6) is 0. The molecule has 1 heteroatoms. The van der Waals surface area contributed by atoms with Crippen molar-refractivity contribution in [3.05, 3.63) is 261 Å². The number of nitrogens with zero attached hydrogens (tertiary/aromatic N) is 1. The first-order valence-corrected chi connectivity index (χ1v) is 21.7. The molecule has 11 rings (SSSR count). The number of benzene rings is 11. The largest absolute Gasteiger partial charge is 0.311 e. The van der Waals surface area contributed by atoms with Crippen molar-refractivity contribution in [2.45, 2.75) is 0 Å². The summed E-state index contributed by atoms with van der Waals surface area (Å²) in [4.78, 5) is 2.37. The van der Waals surface area contributed by atoms with Crippen molar-refractivity contribution in [1.82, 2.24) is 0 Å². The van der Waals surface area contributed by atoms with Crippen molar-refractivity contribution in [1.29, 1.82) is 0 Å². The Hall–Kier alpha value is -8.26. The van der Waals surface area contributed by atoms with Crippen LogP contribution in [0.25, 0.3) is 88.3 Å². The molecule has 0 bridgehead atoms. The van der Waals surface area contributed by atoms with Crippen LogP contribution in [0.5, 0.6) is 0 Å². The van der Waals surface area contributed by atoms with Gasteiger partial charge in [-0.15, -0.1) is 0 Å². The molecule has 0 heterocycles. The zero-order chi connectivity index (χ0) is 42.0. The van der Waals surface area contributed by atoms with Gasteiger partial charge in [-0.1, -0.05) is 218 Å². The minimum atomic E-state index is 1.09. The molecule has 11 aromatic carbocycles. The number of rotatable bonds is 9. The van der Waals surface area contributed by atoms with E-state index in [1.807, 2.05) is 0 Å². The Balaban J connectivity index is 1.01. The van der Waals surface area contributed by atoms with E-state index < -0.39 is 0 Å². The monoisotopic (exact) mass is 801 g/mol. The maximum atomic E-state index is 2.37. The van der Waals surface area contributed by atoms with Gasteiger partial charge in [-0.05, 0) is 131 Å². The second kappa shape index (κ2) is 16.7. The predicted molar refractivity (Wildman–Crippen MR) is 269 cm³/mol. The molecule has 11 aromatic rings. The summed E-state index contributed by atoms with van der Waals surface area (Å²) in [6, 6.07) is 94.6. The number of hydrogen-bond acceptors (Lipinski definition) is 1. The quantitative estimate of drug-likeness (QED) is 0.141. The standard InChI is InChI=1S/C62H43N/c1-4-15-45(16-5-1)58-41-34-52(43-61(58)48-19-8-3-9-20-48)44-27-35-53(36-28-44)63(54-37-29-50(30-38-54)57-26-14-23-46-21-10-12-24-56(46)57)55-39-31-51(32-40-55)62-59-25-13-11-22-49(59)33-42-60(62)47-17-6-2-7-18-47/h1-43H.